The maximum atomic E-state index is 12.7. The second-order valence-corrected chi connectivity index (χ2v) is 7.36. The molecule has 1 saturated heterocycles. The largest absolute Gasteiger partial charge is 0.378 e. The van der Waals surface area contributed by atoms with Gasteiger partial charge >= 0.3 is 0 Å². The molecule has 1 heterocycles. The monoisotopic (exact) mass is 372 g/mol. The third kappa shape index (κ3) is 4.06. The van der Waals surface area contributed by atoms with Crippen molar-refractivity contribution in [2.45, 2.75) is 37.8 Å². The SMILES string of the molecule is O=C(/C=C1\N[C@@H]2CCCC[C@H]2N\C1=C/C(=O)c1ccccc1)c1ccccc1. The van der Waals surface area contributed by atoms with Gasteiger partial charge in [-0.2, -0.15) is 0 Å². The molecule has 1 aliphatic carbocycles. The van der Waals surface area contributed by atoms with Crippen molar-refractivity contribution in [1.82, 2.24) is 10.6 Å². The molecule has 2 aliphatic rings. The number of hydrogen-bond acceptors (Lipinski definition) is 4. The van der Waals surface area contributed by atoms with Gasteiger partial charge in [-0.25, -0.2) is 0 Å². The zero-order valence-electron chi connectivity index (χ0n) is 15.7. The quantitative estimate of drug-likeness (QED) is 0.629. The average molecular weight is 372 g/mol. The van der Waals surface area contributed by atoms with Gasteiger partial charge in [0.2, 0.25) is 0 Å². The van der Waals surface area contributed by atoms with E-state index in [9.17, 15) is 9.59 Å². The van der Waals surface area contributed by atoms with E-state index in [0.29, 0.717) is 22.5 Å². The molecule has 2 aromatic rings. The van der Waals surface area contributed by atoms with Gasteiger partial charge in [-0.05, 0) is 12.8 Å². The average Bonchev–Trinajstić information content (AvgIpc) is 2.75. The minimum Gasteiger partial charge on any atom is -0.378 e. The molecule has 2 N–H and O–H groups in total. The summed E-state index contributed by atoms with van der Waals surface area (Å²) in [5.41, 5.74) is 2.66. The molecule has 2 aromatic carbocycles. The summed E-state index contributed by atoms with van der Waals surface area (Å²) < 4.78 is 0. The molecule has 0 unspecified atom stereocenters. The number of allylic oxidation sites excluding steroid dienone is 2. The zero-order valence-corrected chi connectivity index (χ0v) is 15.7. The Morgan fingerprint density at radius 2 is 1.07 bits per heavy atom. The van der Waals surface area contributed by atoms with E-state index in [2.05, 4.69) is 10.6 Å². The smallest absolute Gasteiger partial charge is 0.187 e. The fourth-order valence-electron chi connectivity index (χ4n) is 3.90. The molecule has 0 radical (unpaired) electrons. The van der Waals surface area contributed by atoms with E-state index in [-0.39, 0.29) is 23.7 Å². The van der Waals surface area contributed by atoms with Crippen LogP contribution in [0.15, 0.2) is 84.2 Å². The van der Waals surface area contributed by atoms with E-state index in [0.717, 1.165) is 12.8 Å². The molecule has 142 valence electrons. The highest BCUT2D eigenvalue weighted by atomic mass is 16.1. The molecule has 4 nitrogen and oxygen atoms in total. The van der Waals surface area contributed by atoms with Crippen LogP contribution in [0.5, 0.6) is 0 Å². The van der Waals surface area contributed by atoms with Crippen molar-refractivity contribution in [1.29, 1.82) is 0 Å². The number of benzene rings is 2. The fraction of sp³-hybridized carbons (Fsp3) is 0.250. The topological polar surface area (TPSA) is 58.2 Å². The maximum Gasteiger partial charge on any atom is 0.187 e. The molecule has 1 aliphatic heterocycles. The molecular formula is C24H24N2O2. The number of carbonyl (C=O) groups is 2. The highest BCUT2D eigenvalue weighted by molar-refractivity contribution is 6.07. The number of nitrogens with one attached hydrogen (secondary N) is 2. The molecule has 0 bridgehead atoms. The summed E-state index contributed by atoms with van der Waals surface area (Å²) in [6.45, 7) is 0. The molecule has 2 fully saturated rings. The summed E-state index contributed by atoms with van der Waals surface area (Å²) in [4.78, 5) is 25.4. The first-order chi connectivity index (χ1) is 13.7. The predicted octanol–water partition coefficient (Wildman–Crippen LogP) is 4.02. The van der Waals surface area contributed by atoms with Crippen molar-refractivity contribution in [3.05, 3.63) is 95.3 Å². The van der Waals surface area contributed by atoms with Gasteiger partial charge in [-0.1, -0.05) is 73.5 Å². The predicted molar refractivity (Wildman–Crippen MR) is 110 cm³/mol. The normalized spacial score (nSPS) is 24.1. The summed E-state index contributed by atoms with van der Waals surface area (Å²) in [6.07, 6.45) is 7.70. The van der Waals surface area contributed by atoms with Crippen LogP contribution >= 0.6 is 0 Å². The van der Waals surface area contributed by atoms with E-state index in [1.165, 1.54) is 12.8 Å². The van der Waals surface area contributed by atoms with Crippen LogP contribution in [0, 0.1) is 0 Å². The minimum atomic E-state index is -0.0720. The van der Waals surface area contributed by atoms with E-state index < -0.39 is 0 Å². The molecule has 4 rings (SSSR count). The lowest BCUT2D eigenvalue weighted by atomic mass is 9.87. The summed E-state index contributed by atoms with van der Waals surface area (Å²) in [5.74, 6) is -0.144. The molecule has 0 aromatic heterocycles. The maximum absolute atomic E-state index is 12.7. The number of fused-ring (bicyclic) bond motifs is 1. The van der Waals surface area contributed by atoms with E-state index >= 15 is 0 Å². The number of carbonyl (C=O) groups excluding carboxylic acids is 2. The number of piperazine rings is 1. The fourth-order valence-corrected chi connectivity index (χ4v) is 3.90. The van der Waals surface area contributed by atoms with Crippen LogP contribution in [-0.4, -0.2) is 23.7 Å². The first-order valence-electron chi connectivity index (χ1n) is 9.86. The van der Waals surface area contributed by atoms with Crippen LogP contribution in [-0.2, 0) is 0 Å². The van der Waals surface area contributed by atoms with Gasteiger partial charge in [-0.3, -0.25) is 9.59 Å². The Balaban J connectivity index is 1.65. The van der Waals surface area contributed by atoms with Crippen LogP contribution < -0.4 is 10.6 Å². The first kappa shape index (κ1) is 18.2. The van der Waals surface area contributed by atoms with Crippen LogP contribution in [0.4, 0.5) is 0 Å². The van der Waals surface area contributed by atoms with Crippen LogP contribution in [0.1, 0.15) is 46.4 Å². The van der Waals surface area contributed by atoms with Crippen LogP contribution in [0.3, 0.4) is 0 Å². The van der Waals surface area contributed by atoms with Gasteiger partial charge < -0.3 is 10.6 Å². The first-order valence-corrected chi connectivity index (χ1v) is 9.86. The number of ketones is 2. The van der Waals surface area contributed by atoms with Gasteiger partial charge in [0.05, 0.1) is 11.4 Å². The van der Waals surface area contributed by atoms with Crippen molar-refractivity contribution < 1.29 is 9.59 Å². The summed E-state index contributed by atoms with van der Waals surface area (Å²) >= 11 is 0. The molecule has 4 heteroatoms. The summed E-state index contributed by atoms with van der Waals surface area (Å²) in [7, 11) is 0. The van der Waals surface area contributed by atoms with Crippen LogP contribution in [0.2, 0.25) is 0 Å². The standard InChI is InChI=1S/C24H24N2O2/c27-23(17-9-3-1-4-10-17)15-21-22(16-24(28)18-11-5-2-6-12-18)26-20-14-8-7-13-19(20)25-21/h1-6,9-12,15-16,19-20,25-26H,7-8,13-14H2/b21-15-,22-16-/t19-,20-/m1/s1. The van der Waals surface area contributed by atoms with Crippen molar-refractivity contribution in [2.75, 3.05) is 0 Å². The lowest BCUT2D eigenvalue weighted by molar-refractivity contribution is 0.103. The Hall–Kier alpha value is -3.14. The summed E-state index contributed by atoms with van der Waals surface area (Å²) in [6, 6.07) is 19.0. The Kier molecular flexibility index (Phi) is 5.38. The lowest BCUT2D eigenvalue weighted by Crippen LogP contribution is -2.55. The Morgan fingerprint density at radius 3 is 1.46 bits per heavy atom. The Morgan fingerprint density at radius 1 is 0.679 bits per heavy atom. The number of hydrogen-bond donors (Lipinski definition) is 2. The molecular weight excluding hydrogens is 348 g/mol. The Bertz CT molecular complexity index is 839. The minimum absolute atomic E-state index is 0.0720. The van der Waals surface area contributed by atoms with Gasteiger partial charge in [0.25, 0.3) is 0 Å². The third-order valence-corrected chi connectivity index (χ3v) is 5.41. The van der Waals surface area contributed by atoms with E-state index in [1.807, 2.05) is 36.4 Å². The Labute approximate surface area is 165 Å². The molecule has 28 heavy (non-hydrogen) atoms. The van der Waals surface area contributed by atoms with Crippen LogP contribution in [0.25, 0.3) is 0 Å². The van der Waals surface area contributed by atoms with Gasteiger partial charge in [0.15, 0.2) is 11.6 Å². The number of rotatable bonds is 4. The molecule has 0 amide bonds. The van der Waals surface area contributed by atoms with Crippen molar-refractivity contribution in [2.24, 2.45) is 0 Å². The van der Waals surface area contributed by atoms with Gasteiger partial charge in [0, 0.05) is 35.4 Å². The van der Waals surface area contributed by atoms with Crippen molar-refractivity contribution >= 4 is 11.6 Å². The van der Waals surface area contributed by atoms with Gasteiger partial charge in [-0.15, -0.1) is 0 Å². The van der Waals surface area contributed by atoms with E-state index in [1.54, 1.807) is 36.4 Å². The highest BCUT2D eigenvalue weighted by Crippen LogP contribution is 2.26. The van der Waals surface area contributed by atoms with E-state index in [4.69, 9.17) is 0 Å². The van der Waals surface area contributed by atoms with Crippen molar-refractivity contribution in [3.63, 3.8) is 0 Å². The third-order valence-electron chi connectivity index (χ3n) is 5.41. The molecule has 2 atom stereocenters. The summed E-state index contributed by atoms with van der Waals surface area (Å²) in [5, 5.41) is 7.04. The van der Waals surface area contributed by atoms with Gasteiger partial charge in [0.1, 0.15) is 0 Å². The molecule has 0 spiro atoms. The van der Waals surface area contributed by atoms with Crippen molar-refractivity contribution in [3.8, 4) is 0 Å². The highest BCUT2D eigenvalue weighted by Gasteiger charge is 2.31. The zero-order chi connectivity index (χ0) is 19.3. The molecule has 1 saturated carbocycles. The lowest BCUT2D eigenvalue weighted by Gasteiger charge is -2.40. The second-order valence-electron chi connectivity index (χ2n) is 7.36. The second kappa shape index (κ2) is 8.26.